The van der Waals surface area contributed by atoms with E-state index in [1.165, 1.54) is 0 Å². The van der Waals surface area contributed by atoms with Gasteiger partial charge in [-0.1, -0.05) is 69.0 Å². The molecule has 0 saturated heterocycles. The van der Waals surface area contributed by atoms with Gasteiger partial charge >= 0.3 is 0 Å². The van der Waals surface area contributed by atoms with Gasteiger partial charge in [0.05, 0.1) is 0 Å². The minimum absolute atomic E-state index is 0.490. The van der Waals surface area contributed by atoms with Crippen molar-refractivity contribution in [2.45, 2.75) is 6.67 Å². The number of hydrogen-bond acceptors (Lipinski definition) is 0. The molecule has 6 heteroatoms. The molecule has 9 heavy (non-hydrogen) atoms. The molecule has 0 N–H and O–H groups in total. The molecule has 0 fully saturated rings. The van der Waals surface area contributed by atoms with Gasteiger partial charge in [0.25, 0.3) is 0 Å². The molecule has 56 valence electrons. The van der Waals surface area contributed by atoms with E-state index in [9.17, 15) is 0 Å². The minimum atomic E-state index is -1.12. The van der Waals surface area contributed by atoms with Gasteiger partial charge < -0.3 is 0 Å². The molecule has 0 radical (unpaired) electrons. The fourth-order valence-electron chi connectivity index (χ4n) is 0.0758. The second-order valence-electron chi connectivity index (χ2n) is 1.34. The third-order valence-corrected chi connectivity index (χ3v) is 6.05. The summed E-state index contributed by atoms with van der Waals surface area (Å²) < 4.78 is -1.70. The van der Waals surface area contributed by atoms with Crippen LogP contribution in [0.15, 0.2) is 0 Å². The van der Waals surface area contributed by atoms with Crippen LogP contribution >= 0.6 is 91.6 Å². The zero-order valence-electron chi connectivity index (χ0n) is 3.97. The number of alkyl halides is 6. The highest BCUT2D eigenvalue weighted by Crippen LogP contribution is 2.48. The Hall–Kier alpha value is 2.62. The van der Waals surface area contributed by atoms with Crippen LogP contribution < -0.4 is 0 Å². The summed E-state index contributed by atoms with van der Waals surface area (Å²) in [6.07, 6.45) is 0. The molecule has 0 amide bonds. The first-order valence-electron chi connectivity index (χ1n) is 1.82. The van der Waals surface area contributed by atoms with Gasteiger partial charge in [-0.25, -0.2) is 0 Å². The van der Waals surface area contributed by atoms with Crippen LogP contribution in [0.5, 0.6) is 0 Å². The third kappa shape index (κ3) is 3.69. The Kier molecular flexibility index (Phi) is 5.20. The molecule has 0 unspecified atom stereocenters. The summed E-state index contributed by atoms with van der Waals surface area (Å²) >= 11 is 26.4. The fraction of sp³-hybridized carbons (Fsp3) is 1.00. The summed E-state index contributed by atoms with van der Waals surface area (Å²) in [5.41, 5.74) is 0. The summed E-state index contributed by atoms with van der Waals surface area (Å²) in [4.78, 5) is 0. The lowest BCUT2D eigenvalue weighted by molar-refractivity contribution is 0.962. The average molecular weight is 434 g/mol. The molecular weight excluding hydrogens is 432 g/mol. The highest BCUT2D eigenvalue weighted by molar-refractivity contribution is 14.1. The maximum absolute atomic E-state index is 5.68. The van der Waals surface area contributed by atoms with Crippen LogP contribution in [0.2, 0.25) is 0 Å². The van der Waals surface area contributed by atoms with E-state index >= 15 is 0 Å². The SMILES string of the molecule is ClC(Cl)(I)C(Cl)(Cl)CI. The number of hydrogen-bond donors (Lipinski definition) is 0. The van der Waals surface area contributed by atoms with Crippen LogP contribution in [-0.2, 0) is 0 Å². The van der Waals surface area contributed by atoms with Gasteiger partial charge in [-0.2, -0.15) is 0 Å². The molecule has 0 spiro atoms. The summed E-state index contributed by atoms with van der Waals surface area (Å²) in [6.45, 7) is 0. The predicted molar refractivity (Wildman–Crippen MR) is 61.8 cm³/mol. The Labute approximate surface area is 101 Å². The Morgan fingerprint density at radius 2 is 1.44 bits per heavy atom. The largest absolute Gasteiger partial charge is 0.201 e. The smallest absolute Gasteiger partial charge is 0.0965 e. The van der Waals surface area contributed by atoms with Crippen molar-refractivity contribution in [1.29, 1.82) is 0 Å². The molecule has 0 aliphatic heterocycles. The van der Waals surface area contributed by atoms with Crippen molar-refractivity contribution < 1.29 is 0 Å². The maximum Gasteiger partial charge on any atom is 0.201 e. The molecule has 0 aromatic heterocycles. The van der Waals surface area contributed by atoms with Crippen LogP contribution in [0.3, 0.4) is 0 Å². The average Bonchev–Trinajstić information content (AvgIpc) is 1.64. The molecule has 0 heterocycles. The Bertz CT molecular complexity index is 96.5. The topological polar surface area (TPSA) is 0 Å². The lowest BCUT2D eigenvalue weighted by Gasteiger charge is -2.25. The number of halogens is 6. The van der Waals surface area contributed by atoms with Crippen molar-refractivity contribution in [3.63, 3.8) is 0 Å². The first-order chi connectivity index (χ1) is 3.81. The van der Waals surface area contributed by atoms with E-state index in [2.05, 4.69) is 0 Å². The molecular formula is C3H2Cl4I2. The van der Waals surface area contributed by atoms with Crippen molar-refractivity contribution in [3.05, 3.63) is 0 Å². The van der Waals surface area contributed by atoms with Gasteiger partial charge in [0.2, 0.25) is 2.34 Å². The second kappa shape index (κ2) is 4.03. The molecule has 0 aliphatic rings. The molecule has 0 nitrogen and oxygen atoms in total. The normalized spacial score (nSPS) is 14.0. The maximum atomic E-state index is 5.68. The van der Waals surface area contributed by atoms with E-state index in [0.717, 1.165) is 0 Å². The fourth-order valence-corrected chi connectivity index (χ4v) is 2.15. The lowest BCUT2D eigenvalue weighted by Crippen LogP contribution is -2.31. The van der Waals surface area contributed by atoms with Crippen molar-refractivity contribution >= 4 is 91.6 Å². The first-order valence-corrected chi connectivity index (χ1v) is 5.93. The van der Waals surface area contributed by atoms with Crippen LogP contribution in [0.1, 0.15) is 0 Å². The van der Waals surface area contributed by atoms with Gasteiger partial charge in [-0.05, 0) is 22.6 Å². The Balaban J connectivity index is 4.14. The zero-order chi connectivity index (χ0) is 7.71. The number of rotatable bonds is 2. The van der Waals surface area contributed by atoms with Gasteiger partial charge in [0.1, 0.15) is 0 Å². The summed E-state index contributed by atoms with van der Waals surface area (Å²) in [6, 6.07) is 0. The molecule has 0 aromatic carbocycles. The molecule has 0 aliphatic carbocycles. The highest BCUT2D eigenvalue weighted by Gasteiger charge is 2.43. The van der Waals surface area contributed by atoms with Crippen molar-refractivity contribution in [2.75, 3.05) is 4.43 Å². The van der Waals surface area contributed by atoms with Crippen molar-refractivity contribution in [2.24, 2.45) is 0 Å². The van der Waals surface area contributed by atoms with Crippen molar-refractivity contribution in [1.82, 2.24) is 0 Å². The van der Waals surface area contributed by atoms with Gasteiger partial charge in [0.15, 0.2) is 4.33 Å². The van der Waals surface area contributed by atoms with Gasteiger partial charge in [-0.15, -0.1) is 0 Å². The molecule has 0 aromatic rings. The summed E-state index contributed by atoms with van der Waals surface area (Å²) in [7, 11) is 0. The second-order valence-corrected chi connectivity index (χ2v) is 7.80. The van der Waals surface area contributed by atoms with Crippen molar-refractivity contribution in [3.8, 4) is 0 Å². The van der Waals surface area contributed by atoms with E-state index in [1.54, 1.807) is 22.6 Å². The van der Waals surface area contributed by atoms with Crippen LogP contribution in [-0.4, -0.2) is 11.1 Å². The first kappa shape index (κ1) is 11.6. The van der Waals surface area contributed by atoms with E-state index in [-0.39, 0.29) is 0 Å². The zero-order valence-corrected chi connectivity index (χ0v) is 11.3. The van der Waals surface area contributed by atoms with Crippen LogP contribution in [0.4, 0.5) is 0 Å². The standard InChI is InChI=1S/C3H2Cl4I2/c4-2(5,1-8)3(6,7)9/h1H2. The highest BCUT2D eigenvalue weighted by atomic mass is 127. The van der Waals surface area contributed by atoms with E-state index in [0.29, 0.717) is 4.43 Å². The monoisotopic (exact) mass is 432 g/mol. The van der Waals surface area contributed by atoms with E-state index in [4.69, 9.17) is 46.4 Å². The minimum Gasteiger partial charge on any atom is -0.0965 e. The Morgan fingerprint density at radius 1 is 1.11 bits per heavy atom. The molecule has 0 atom stereocenters. The summed E-state index contributed by atoms with van der Waals surface area (Å²) in [5, 5.41) is 0. The molecule has 0 saturated carbocycles. The van der Waals surface area contributed by atoms with Gasteiger partial charge in [-0.3, -0.25) is 0 Å². The predicted octanol–water partition coefficient (Wildman–Crippen LogP) is 4.16. The molecule has 0 rings (SSSR count). The van der Waals surface area contributed by atoms with Crippen LogP contribution in [0.25, 0.3) is 0 Å². The van der Waals surface area contributed by atoms with Gasteiger partial charge in [0, 0.05) is 4.43 Å². The van der Waals surface area contributed by atoms with E-state index < -0.39 is 6.67 Å². The summed E-state index contributed by atoms with van der Waals surface area (Å²) in [5.74, 6) is 0. The third-order valence-electron chi connectivity index (χ3n) is 0.583. The van der Waals surface area contributed by atoms with E-state index in [1.807, 2.05) is 22.6 Å². The van der Waals surface area contributed by atoms with Crippen LogP contribution in [0, 0.1) is 0 Å². The quantitative estimate of drug-likeness (QED) is 0.453. The lowest BCUT2D eigenvalue weighted by atomic mass is 10.5. The Morgan fingerprint density at radius 3 is 1.44 bits per heavy atom. The molecule has 0 bridgehead atoms.